The topological polar surface area (TPSA) is 108 Å². The normalized spacial score (nSPS) is 15.6. The van der Waals surface area contributed by atoms with Crippen LogP contribution in [0.25, 0.3) is 34.0 Å². The van der Waals surface area contributed by atoms with Crippen molar-refractivity contribution in [1.82, 2.24) is 10.3 Å². The van der Waals surface area contributed by atoms with Crippen LogP contribution in [0.5, 0.6) is 0 Å². The van der Waals surface area contributed by atoms with Crippen molar-refractivity contribution >= 4 is 0 Å². The number of nitrogens with two attached hydrogens (primary N) is 1. The summed E-state index contributed by atoms with van der Waals surface area (Å²) in [5.41, 5.74) is 8.13. The SMILES string of the molecule is CCOC(O)C(C)(N)CCc1ccc2c(c1)CCc1c-2noc1-c1noc(-c2ccccc2)c1C(F)(F)F. The number of alkyl halides is 3. The molecule has 1 aliphatic rings. The summed E-state index contributed by atoms with van der Waals surface area (Å²) in [5, 5.41) is 18.1. The first kappa shape index (κ1) is 26.1. The molecule has 38 heavy (non-hydrogen) atoms. The van der Waals surface area contributed by atoms with E-state index in [-0.39, 0.29) is 17.1 Å². The molecule has 200 valence electrons. The van der Waals surface area contributed by atoms with E-state index >= 15 is 0 Å². The minimum absolute atomic E-state index is 0.0307. The summed E-state index contributed by atoms with van der Waals surface area (Å²) in [5.74, 6) is -0.391. The molecule has 0 saturated heterocycles. The van der Waals surface area contributed by atoms with Crippen LogP contribution in [0, 0.1) is 0 Å². The van der Waals surface area contributed by atoms with E-state index in [0.29, 0.717) is 43.5 Å². The van der Waals surface area contributed by atoms with E-state index in [9.17, 15) is 18.3 Å². The van der Waals surface area contributed by atoms with Gasteiger partial charge in [-0.2, -0.15) is 13.2 Å². The zero-order valence-electron chi connectivity index (χ0n) is 21.0. The van der Waals surface area contributed by atoms with E-state index in [1.807, 2.05) is 18.2 Å². The number of fused-ring (bicyclic) bond motifs is 3. The lowest BCUT2D eigenvalue weighted by Gasteiger charge is -2.30. The highest BCUT2D eigenvalue weighted by Crippen LogP contribution is 2.46. The number of aromatic nitrogens is 2. The Hall–Kier alpha value is -3.47. The Morgan fingerprint density at radius 3 is 2.45 bits per heavy atom. The highest BCUT2D eigenvalue weighted by atomic mass is 19.4. The first-order valence-corrected chi connectivity index (χ1v) is 12.4. The second-order valence-electron chi connectivity index (χ2n) is 9.74. The third kappa shape index (κ3) is 4.87. The maximum absolute atomic E-state index is 14.2. The molecule has 2 heterocycles. The molecule has 0 bridgehead atoms. The van der Waals surface area contributed by atoms with Crippen LogP contribution >= 0.6 is 0 Å². The van der Waals surface area contributed by atoms with Gasteiger partial charge in [0.05, 0.1) is 5.54 Å². The quantitative estimate of drug-likeness (QED) is 0.280. The van der Waals surface area contributed by atoms with E-state index in [1.165, 1.54) is 12.1 Å². The third-order valence-electron chi connectivity index (χ3n) is 6.92. The maximum atomic E-state index is 14.2. The summed E-state index contributed by atoms with van der Waals surface area (Å²) in [7, 11) is 0. The highest BCUT2D eigenvalue weighted by molar-refractivity contribution is 5.79. The van der Waals surface area contributed by atoms with Crippen molar-refractivity contribution in [3.05, 3.63) is 70.8 Å². The number of rotatable bonds is 8. The van der Waals surface area contributed by atoms with E-state index < -0.39 is 29.3 Å². The van der Waals surface area contributed by atoms with Gasteiger partial charge in [-0.1, -0.05) is 58.8 Å². The van der Waals surface area contributed by atoms with Gasteiger partial charge in [-0.25, -0.2) is 0 Å². The summed E-state index contributed by atoms with van der Waals surface area (Å²) in [4.78, 5) is 0. The van der Waals surface area contributed by atoms with Gasteiger partial charge in [0, 0.05) is 23.3 Å². The van der Waals surface area contributed by atoms with E-state index in [4.69, 9.17) is 19.5 Å². The molecule has 2 aromatic heterocycles. The first-order chi connectivity index (χ1) is 18.1. The maximum Gasteiger partial charge on any atom is 0.422 e. The van der Waals surface area contributed by atoms with Crippen molar-refractivity contribution in [3.8, 4) is 34.0 Å². The van der Waals surface area contributed by atoms with Crippen molar-refractivity contribution in [3.63, 3.8) is 0 Å². The lowest BCUT2D eigenvalue weighted by molar-refractivity contribution is -0.137. The molecule has 0 saturated carbocycles. The van der Waals surface area contributed by atoms with Crippen molar-refractivity contribution in [2.24, 2.45) is 5.73 Å². The molecule has 2 atom stereocenters. The zero-order chi connectivity index (χ0) is 27.1. The molecule has 2 unspecified atom stereocenters. The van der Waals surface area contributed by atoms with Gasteiger partial charge in [-0.05, 0) is 50.7 Å². The van der Waals surface area contributed by atoms with Crippen molar-refractivity contribution in [1.29, 1.82) is 0 Å². The lowest BCUT2D eigenvalue weighted by atomic mass is 9.86. The number of ether oxygens (including phenoxy) is 1. The average molecular weight is 528 g/mol. The van der Waals surface area contributed by atoms with Crippen LogP contribution in [0.1, 0.15) is 42.5 Å². The number of hydrogen-bond acceptors (Lipinski definition) is 7. The second-order valence-corrected chi connectivity index (χ2v) is 9.74. The molecule has 2 aromatic carbocycles. The molecule has 0 radical (unpaired) electrons. The number of halogens is 3. The molecule has 1 aliphatic carbocycles. The first-order valence-electron chi connectivity index (χ1n) is 12.4. The Morgan fingerprint density at radius 2 is 1.74 bits per heavy atom. The number of aliphatic hydroxyl groups excluding tert-OH is 1. The monoisotopic (exact) mass is 527 g/mol. The van der Waals surface area contributed by atoms with Gasteiger partial charge in [0.1, 0.15) is 11.3 Å². The molecule has 5 rings (SSSR count). The van der Waals surface area contributed by atoms with Gasteiger partial charge in [0.25, 0.3) is 0 Å². The van der Waals surface area contributed by atoms with Crippen molar-refractivity contribution in [2.75, 3.05) is 6.61 Å². The van der Waals surface area contributed by atoms with Gasteiger partial charge in [-0.15, -0.1) is 0 Å². The summed E-state index contributed by atoms with van der Waals surface area (Å²) < 4.78 is 58.5. The van der Waals surface area contributed by atoms with Crippen LogP contribution in [0.15, 0.2) is 57.6 Å². The van der Waals surface area contributed by atoms with E-state index in [1.54, 1.807) is 32.0 Å². The summed E-state index contributed by atoms with van der Waals surface area (Å²) in [6.07, 6.45) is -3.62. The van der Waals surface area contributed by atoms with Gasteiger partial charge in [0.15, 0.2) is 23.5 Å². The molecule has 0 amide bonds. The zero-order valence-corrected chi connectivity index (χ0v) is 21.0. The second kappa shape index (κ2) is 10.0. The predicted molar refractivity (Wildman–Crippen MR) is 134 cm³/mol. The van der Waals surface area contributed by atoms with Crippen LogP contribution in [0.2, 0.25) is 0 Å². The molecule has 3 N–H and O–H groups in total. The lowest BCUT2D eigenvalue weighted by Crippen LogP contribution is -2.49. The Kier molecular flexibility index (Phi) is 6.89. The van der Waals surface area contributed by atoms with Crippen LogP contribution in [0.3, 0.4) is 0 Å². The number of hydrogen-bond donors (Lipinski definition) is 2. The van der Waals surface area contributed by atoms with Gasteiger partial charge in [-0.3, -0.25) is 0 Å². The fourth-order valence-corrected chi connectivity index (χ4v) is 4.82. The summed E-state index contributed by atoms with van der Waals surface area (Å²) in [6, 6.07) is 13.9. The van der Waals surface area contributed by atoms with E-state index in [2.05, 4.69) is 10.3 Å². The predicted octanol–water partition coefficient (Wildman–Crippen LogP) is 5.79. The Balaban J connectivity index is 1.45. The number of aryl methyl sites for hydroxylation is 2. The minimum Gasteiger partial charge on any atom is -0.366 e. The van der Waals surface area contributed by atoms with Gasteiger partial charge in [0.2, 0.25) is 0 Å². The summed E-state index contributed by atoms with van der Waals surface area (Å²) in [6.45, 7) is 3.90. The molecule has 7 nitrogen and oxygen atoms in total. The standard InChI is InChI=1S/C28H28F3N3O4/c1-3-36-26(35)27(2,32)14-13-16-9-11-19-18(15-16)10-12-20-22(19)33-38-25(20)23-21(28(29,30)31)24(37-34-23)17-7-5-4-6-8-17/h4-9,11,15,26,35H,3,10,12-14,32H2,1-2H3. The molecule has 4 aromatic rings. The highest BCUT2D eigenvalue weighted by Gasteiger charge is 2.43. The Morgan fingerprint density at radius 1 is 1.03 bits per heavy atom. The molecule has 0 aliphatic heterocycles. The molecular formula is C28H28F3N3O4. The van der Waals surface area contributed by atoms with Crippen LogP contribution < -0.4 is 5.73 Å². The number of nitrogens with zero attached hydrogens (tertiary/aromatic N) is 2. The fourth-order valence-electron chi connectivity index (χ4n) is 4.82. The average Bonchev–Trinajstić information content (AvgIpc) is 3.52. The number of benzene rings is 2. The van der Waals surface area contributed by atoms with Crippen LogP contribution in [0.4, 0.5) is 13.2 Å². The Bertz CT molecular complexity index is 1430. The number of aliphatic hydroxyl groups is 1. The van der Waals surface area contributed by atoms with Crippen LogP contribution in [-0.2, 0) is 30.2 Å². The molecule has 10 heteroatoms. The molecular weight excluding hydrogens is 499 g/mol. The third-order valence-corrected chi connectivity index (χ3v) is 6.92. The fraction of sp³-hybridized carbons (Fsp3) is 0.357. The smallest absolute Gasteiger partial charge is 0.366 e. The van der Waals surface area contributed by atoms with Gasteiger partial charge < -0.3 is 24.6 Å². The summed E-state index contributed by atoms with van der Waals surface area (Å²) >= 11 is 0. The largest absolute Gasteiger partial charge is 0.422 e. The molecule has 0 fully saturated rings. The Labute approximate surface area is 217 Å². The van der Waals surface area contributed by atoms with Crippen molar-refractivity contribution < 1.29 is 32.1 Å². The van der Waals surface area contributed by atoms with Crippen LogP contribution in [-0.4, -0.2) is 33.9 Å². The minimum atomic E-state index is -4.71. The van der Waals surface area contributed by atoms with E-state index in [0.717, 1.165) is 16.7 Å². The van der Waals surface area contributed by atoms with Crippen molar-refractivity contribution in [2.45, 2.75) is 57.5 Å². The molecule has 0 spiro atoms. The van der Waals surface area contributed by atoms with Gasteiger partial charge >= 0.3 is 6.18 Å².